The first kappa shape index (κ1) is 18.6. The van der Waals surface area contributed by atoms with Gasteiger partial charge >= 0.3 is 0 Å². The predicted molar refractivity (Wildman–Crippen MR) is 95.3 cm³/mol. The van der Waals surface area contributed by atoms with E-state index in [0.29, 0.717) is 10.8 Å². The molecule has 1 atom stereocenters. The van der Waals surface area contributed by atoms with Crippen molar-refractivity contribution < 1.29 is 0 Å². The topological polar surface area (TPSA) is 29.9 Å². The number of hydrogen-bond acceptors (Lipinski definition) is 3. The Morgan fingerprint density at radius 1 is 1.29 bits per heavy atom. The van der Waals surface area contributed by atoms with Gasteiger partial charge in [0.25, 0.3) is 0 Å². The van der Waals surface area contributed by atoms with E-state index in [1.165, 1.54) is 17.8 Å². The lowest BCUT2D eigenvalue weighted by Gasteiger charge is -2.24. The first-order valence-electron chi connectivity index (χ1n) is 8.32. The molecule has 0 aliphatic rings. The lowest BCUT2D eigenvalue weighted by molar-refractivity contribution is 0.518. The summed E-state index contributed by atoms with van der Waals surface area (Å²) in [6.45, 7) is 15.5. The number of aromatic nitrogens is 2. The minimum absolute atomic E-state index is 0.325. The standard InChI is InChI=1S/C17H33N3S/c1-7-10-18-15(13-21-17(4,5)6)12-16-11-14(8-2)19-20(16)9-3/h11,15,18H,7-10,12-13H2,1-6H3. The van der Waals surface area contributed by atoms with Crippen molar-refractivity contribution in [3.63, 3.8) is 0 Å². The van der Waals surface area contributed by atoms with E-state index >= 15 is 0 Å². The molecule has 0 fully saturated rings. The van der Waals surface area contributed by atoms with Crippen molar-refractivity contribution in [2.75, 3.05) is 12.3 Å². The second kappa shape index (κ2) is 8.84. The van der Waals surface area contributed by atoms with Gasteiger partial charge in [-0.25, -0.2) is 0 Å². The van der Waals surface area contributed by atoms with Crippen molar-refractivity contribution in [1.82, 2.24) is 15.1 Å². The highest BCUT2D eigenvalue weighted by Gasteiger charge is 2.17. The van der Waals surface area contributed by atoms with Crippen molar-refractivity contribution in [3.05, 3.63) is 17.5 Å². The van der Waals surface area contributed by atoms with E-state index in [4.69, 9.17) is 0 Å². The molecule has 0 aromatic carbocycles. The summed E-state index contributed by atoms with van der Waals surface area (Å²) in [6.07, 6.45) is 3.28. The van der Waals surface area contributed by atoms with E-state index in [1.54, 1.807) is 0 Å². The highest BCUT2D eigenvalue weighted by molar-refractivity contribution is 8.00. The molecule has 0 amide bonds. The van der Waals surface area contributed by atoms with Crippen molar-refractivity contribution in [3.8, 4) is 0 Å². The third-order valence-corrected chi connectivity index (χ3v) is 4.87. The number of thioether (sulfide) groups is 1. The van der Waals surface area contributed by atoms with Gasteiger partial charge in [0.05, 0.1) is 5.69 Å². The highest BCUT2D eigenvalue weighted by atomic mass is 32.2. The van der Waals surface area contributed by atoms with Gasteiger partial charge in [-0.2, -0.15) is 16.9 Å². The maximum Gasteiger partial charge on any atom is 0.0624 e. The van der Waals surface area contributed by atoms with Gasteiger partial charge in [0.1, 0.15) is 0 Å². The summed E-state index contributed by atoms with van der Waals surface area (Å²) in [6, 6.07) is 2.81. The van der Waals surface area contributed by atoms with Crippen LogP contribution in [0.3, 0.4) is 0 Å². The molecule has 1 heterocycles. The van der Waals surface area contributed by atoms with Crippen LogP contribution in [0.15, 0.2) is 6.07 Å². The molecular weight excluding hydrogens is 278 g/mol. The first-order chi connectivity index (χ1) is 9.89. The van der Waals surface area contributed by atoms with Crippen LogP contribution in [-0.2, 0) is 19.4 Å². The molecule has 3 nitrogen and oxygen atoms in total. The molecule has 122 valence electrons. The van der Waals surface area contributed by atoms with Crippen LogP contribution < -0.4 is 5.32 Å². The molecular formula is C17H33N3S. The minimum atomic E-state index is 0.325. The highest BCUT2D eigenvalue weighted by Crippen LogP contribution is 2.24. The lowest BCUT2D eigenvalue weighted by Crippen LogP contribution is -2.35. The van der Waals surface area contributed by atoms with Gasteiger partial charge in [0.2, 0.25) is 0 Å². The summed E-state index contributed by atoms with van der Waals surface area (Å²) < 4.78 is 2.49. The fourth-order valence-electron chi connectivity index (χ4n) is 2.27. The van der Waals surface area contributed by atoms with Crippen LogP contribution in [0.25, 0.3) is 0 Å². The van der Waals surface area contributed by atoms with Crippen LogP contribution in [-0.4, -0.2) is 32.9 Å². The maximum atomic E-state index is 4.67. The van der Waals surface area contributed by atoms with E-state index in [9.17, 15) is 0 Å². The Balaban J connectivity index is 2.72. The Morgan fingerprint density at radius 3 is 2.52 bits per heavy atom. The largest absolute Gasteiger partial charge is 0.313 e. The summed E-state index contributed by atoms with van der Waals surface area (Å²) in [5.74, 6) is 1.15. The number of aryl methyl sites for hydroxylation is 2. The average Bonchev–Trinajstić information content (AvgIpc) is 2.83. The van der Waals surface area contributed by atoms with E-state index in [0.717, 1.165) is 31.7 Å². The smallest absolute Gasteiger partial charge is 0.0624 e. The lowest BCUT2D eigenvalue weighted by atomic mass is 10.1. The monoisotopic (exact) mass is 311 g/mol. The van der Waals surface area contributed by atoms with Crippen LogP contribution >= 0.6 is 11.8 Å². The van der Waals surface area contributed by atoms with Crippen LogP contribution in [0.5, 0.6) is 0 Å². The van der Waals surface area contributed by atoms with Gasteiger partial charge in [-0.05, 0) is 32.4 Å². The molecule has 0 spiro atoms. The first-order valence-corrected chi connectivity index (χ1v) is 9.31. The Morgan fingerprint density at radius 2 is 2.00 bits per heavy atom. The fourth-order valence-corrected chi connectivity index (χ4v) is 3.20. The molecule has 0 bridgehead atoms. The zero-order valence-electron chi connectivity index (χ0n) is 14.7. The Labute approximate surface area is 135 Å². The minimum Gasteiger partial charge on any atom is -0.313 e. The summed E-state index contributed by atoms with van der Waals surface area (Å²) in [7, 11) is 0. The van der Waals surface area contributed by atoms with E-state index in [2.05, 4.69) is 62.7 Å². The summed E-state index contributed by atoms with van der Waals surface area (Å²) in [5.41, 5.74) is 2.59. The van der Waals surface area contributed by atoms with Gasteiger partial charge in [-0.1, -0.05) is 34.6 Å². The molecule has 0 saturated heterocycles. The SMILES string of the molecule is CCCNC(CSC(C)(C)C)Cc1cc(CC)nn1CC. The third kappa shape index (κ3) is 6.88. The molecule has 21 heavy (non-hydrogen) atoms. The van der Waals surface area contributed by atoms with Crippen molar-refractivity contribution in [1.29, 1.82) is 0 Å². The molecule has 0 radical (unpaired) electrons. The van der Waals surface area contributed by atoms with Gasteiger partial charge in [0.15, 0.2) is 0 Å². The summed E-state index contributed by atoms with van der Waals surface area (Å²) in [5, 5.41) is 8.38. The summed E-state index contributed by atoms with van der Waals surface area (Å²) in [4.78, 5) is 0. The van der Waals surface area contributed by atoms with Crippen LogP contribution in [0.4, 0.5) is 0 Å². The van der Waals surface area contributed by atoms with Crippen molar-refractivity contribution in [2.24, 2.45) is 0 Å². The zero-order valence-corrected chi connectivity index (χ0v) is 15.5. The van der Waals surface area contributed by atoms with Gasteiger partial charge in [-0.15, -0.1) is 0 Å². The molecule has 0 aliphatic heterocycles. The summed E-state index contributed by atoms with van der Waals surface area (Å²) >= 11 is 2.05. The number of rotatable bonds is 9. The third-order valence-electron chi connectivity index (χ3n) is 3.43. The molecule has 1 aromatic rings. The molecule has 0 saturated carbocycles. The Kier molecular flexibility index (Phi) is 7.82. The molecule has 1 N–H and O–H groups in total. The Hall–Kier alpha value is -0.480. The van der Waals surface area contributed by atoms with Crippen LogP contribution in [0.2, 0.25) is 0 Å². The predicted octanol–water partition coefficient (Wildman–Crippen LogP) is 3.91. The fraction of sp³-hybridized carbons (Fsp3) is 0.824. The number of nitrogens with zero attached hydrogens (tertiary/aromatic N) is 2. The normalized spacial score (nSPS) is 13.6. The van der Waals surface area contributed by atoms with E-state index in [1.807, 2.05) is 11.8 Å². The van der Waals surface area contributed by atoms with E-state index in [-0.39, 0.29) is 0 Å². The van der Waals surface area contributed by atoms with E-state index < -0.39 is 0 Å². The van der Waals surface area contributed by atoms with Crippen LogP contribution in [0, 0.1) is 0 Å². The maximum absolute atomic E-state index is 4.67. The second-order valence-corrected chi connectivity index (χ2v) is 8.42. The van der Waals surface area contributed by atoms with Gasteiger partial charge in [0, 0.05) is 35.2 Å². The molecule has 4 heteroatoms. The van der Waals surface area contributed by atoms with Crippen LogP contribution in [0.1, 0.15) is 59.4 Å². The number of hydrogen-bond donors (Lipinski definition) is 1. The quantitative estimate of drug-likeness (QED) is 0.750. The van der Waals surface area contributed by atoms with Gasteiger partial charge in [-0.3, -0.25) is 4.68 Å². The molecule has 1 rings (SSSR count). The molecule has 0 aliphatic carbocycles. The second-order valence-electron chi connectivity index (χ2n) is 6.57. The van der Waals surface area contributed by atoms with Crippen molar-refractivity contribution in [2.45, 2.75) is 78.1 Å². The molecule has 1 unspecified atom stereocenters. The average molecular weight is 312 g/mol. The van der Waals surface area contributed by atoms with Crippen molar-refractivity contribution >= 4 is 11.8 Å². The zero-order chi connectivity index (χ0) is 15.9. The van der Waals surface area contributed by atoms with Gasteiger partial charge < -0.3 is 5.32 Å². The molecule has 1 aromatic heterocycles. The Bertz CT molecular complexity index is 407. The number of nitrogens with one attached hydrogen (secondary N) is 1.